The summed E-state index contributed by atoms with van der Waals surface area (Å²) in [5.74, 6) is 0. The molecule has 0 bridgehead atoms. The minimum atomic E-state index is -0.465. The molecule has 2 N–H and O–H groups in total. The normalized spacial score (nSPS) is 14.5. The fourth-order valence-corrected chi connectivity index (χ4v) is 2.63. The molecule has 0 fully saturated rings. The van der Waals surface area contributed by atoms with Crippen molar-refractivity contribution in [3.63, 3.8) is 0 Å². The fraction of sp³-hybridized carbons (Fsp3) is 0.733. The molecule has 0 aliphatic carbocycles. The summed E-state index contributed by atoms with van der Waals surface area (Å²) < 4.78 is 5.26. The van der Waals surface area contributed by atoms with Gasteiger partial charge in [0.25, 0.3) is 0 Å². The Bertz CT molecular complexity index is 415. The number of alkyl carbamates (subject to hydrolysis) is 1. The summed E-state index contributed by atoms with van der Waals surface area (Å²) in [4.78, 5) is 17.0. The van der Waals surface area contributed by atoms with E-state index in [4.69, 9.17) is 4.74 Å². The Hall–Kier alpha value is -1.14. The molecule has 0 aromatic carbocycles. The number of hydrogen-bond donors (Lipinski definition) is 2. The Balaban J connectivity index is 2.44. The average molecular weight is 313 g/mol. The van der Waals surface area contributed by atoms with Crippen LogP contribution in [0.3, 0.4) is 0 Å². The first kappa shape index (κ1) is 17.9. The van der Waals surface area contributed by atoms with E-state index in [9.17, 15) is 4.79 Å². The highest BCUT2D eigenvalue weighted by atomic mass is 32.1. The third-order valence-electron chi connectivity index (χ3n) is 2.89. The minimum absolute atomic E-state index is 0.222. The van der Waals surface area contributed by atoms with Crippen molar-refractivity contribution in [2.24, 2.45) is 0 Å². The quantitative estimate of drug-likeness (QED) is 0.809. The Kier molecular flexibility index (Phi) is 7.11. The highest BCUT2D eigenvalue weighted by Crippen LogP contribution is 2.17. The molecule has 0 aliphatic heterocycles. The monoisotopic (exact) mass is 313 g/mol. The molecular formula is C15H27N3O2S. The van der Waals surface area contributed by atoms with Crippen molar-refractivity contribution >= 4 is 17.4 Å². The van der Waals surface area contributed by atoms with Crippen molar-refractivity contribution in [3.8, 4) is 0 Å². The van der Waals surface area contributed by atoms with E-state index in [-0.39, 0.29) is 18.2 Å². The van der Waals surface area contributed by atoms with Crippen molar-refractivity contribution in [2.45, 2.75) is 65.1 Å². The largest absolute Gasteiger partial charge is 0.444 e. The molecule has 0 saturated carbocycles. The van der Waals surface area contributed by atoms with Crippen molar-refractivity contribution in [1.29, 1.82) is 0 Å². The zero-order valence-electron chi connectivity index (χ0n) is 13.6. The molecule has 0 aliphatic rings. The lowest BCUT2D eigenvalue weighted by molar-refractivity contribution is 0.0521. The van der Waals surface area contributed by atoms with Crippen LogP contribution in [0.15, 0.2) is 11.7 Å². The number of ether oxygens (including phenoxy) is 1. The smallest absolute Gasteiger partial charge is 0.407 e. The number of amides is 1. The summed E-state index contributed by atoms with van der Waals surface area (Å²) in [6.07, 6.45) is 3.57. The second-order valence-corrected chi connectivity index (χ2v) is 7.08. The Morgan fingerprint density at radius 3 is 2.71 bits per heavy atom. The van der Waals surface area contributed by atoms with Crippen LogP contribution in [0.1, 0.15) is 58.4 Å². The molecule has 6 heteroatoms. The van der Waals surface area contributed by atoms with Crippen LogP contribution >= 0.6 is 11.3 Å². The van der Waals surface area contributed by atoms with Gasteiger partial charge in [-0.15, -0.1) is 11.3 Å². The Morgan fingerprint density at radius 1 is 1.48 bits per heavy atom. The molecule has 21 heavy (non-hydrogen) atoms. The van der Waals surface area contributed by atoms with Crippen LogP contribution < -0.4 is 10.6 Å². The van der Waals surface area contributed by atoms with E-state index in [1.807, 2.05) is 32.5 Å². The zero-order valence-corrected chi connectivity index (χ0v) is 14.4. The molecule has 0 radical (unpaired) electrons. The van der Waals surface area contributed by atoms with Crippen molar-refractivity contribution < 1.29 is 9.53 Å². The van der Waals surface area contributed by atoms with Gasteiger partial charge in [-0.25, -0.2) is 4.79 Å². The first-order valence-corrected chi connectivity index (χ1v) is 8.31. The van der Waals surface area contributed by atoms with E-state index in [1.165, 1.54) is 4.88 Å². The number of carbonyl (C=O) groups excluding carboxylic acids is 1. The van der Waals surface area contributed by atoms with E-state index in [1.54, 1.807) is 11.3 Å². The van der Waals surface area contributed by atoms with Crippen molar-refractivity contribution in [3.05, 3.63) is 16.6 Å². The highest BCUT2D eigenvalue weighted by molar-refractivity contribution is 7.09. The zero-order chi connectivity index (χ0) is 15.9. The van der Waals surface area contributed by atoms with Gasteiger partial charge in [-0.1, -0.05) is 13.3 Å². The first-order chi connectivity index (χ1) is 9.81. The van der Waals surface area contributed by atoms with Gasteiger partial charge in [0, 0.05) is 29.7 Å². The van der Waals surface area contributed by atoms with Gasteiger partial charge >= 0.3 is 6.09 Å². The Labute approximate surface area is 131 Å². The molecule has 1 aromatic heterocycles. The van der Waals surface area contributed by atoms with Gasteiger partial charge in [0.1, 0.15) is 5.60 Å². The standard InChI is InChI=1S/C15H27N3O2S/c1-6-7-12(8-17-14(19)20-15(3,4)5)18-11(2)13-9-16-10-21-13/h9-12,18H,6-8H2,1-5H3,(H,17,19). The summed E-state index contributed by atoms with van der Waals surface area (Å²) >= 11 is 1.64. The van der Waals surface area contributed by atoms with E-state index < -0.39 is 5.60 Å². The van der Waals surface area contributed by atoms with Crippen LogP contribution in [-0.4, -0.2) is 29.3 Å². The lowest BCUT2D eigenvalue weighted by atomic mass is 10.1. The van der Waals surface area contributed by atoms with Crippen molar-refractivity contribution in [1.82, 2.24) is 15.6 Å². The number of hydrogen-bond acceptors (Lipinski definition) is 5. The van der Waals surface area contributed by atoms with Gasteiger partial charge in [0.15, 0.2) is 0 Å². The lowest BCUT2D eigenvalue weighted by Gasteiger charge is -2.24. The van der Waals surface area contributed by atoms with E-state index in [2.05, 4.69) is 29.5 Å². The summed E-state index contributed by atoms with van der Waals surface area (Å²) in [6, 6.07) is 0.453. The molecule has 1 rings (SSSR count). The third kappa shape index (κ3) is 7.43. The fourth-order valence-electron chi connectivity index (χ4n) is 1.99. The van der Waals surface area contributed by atoms with Crippen LogP contribution in [0.25, 0.3) is 0 Å². The molecule has 120 valence electrons. The van der Waals surface area contributed by atoms with E-state index >= 15 is 0 Å². The van der Waals surface area contributed by atoms with Gasteiger partial charge in [-0.2, -0.15) is 0 Å². The molecular weight excluding hydrogens is 286 g/mol. The van der Waals surface area contributed by atoms with Crippen LogP contribution in [0.4, 0.5) is 4.79 Å². The number of carbonyl (C=O) groups is 1. The van der Waals surface area contributed by atoms with Crippen molar-refractivity contribution in [2.75, 3.05) is 6.54 Å². The molecule has 1 aromatic rings. The van der Waals surface area contributed by atoms with Gasteiger partial charge in [0.2, 0.25) is 0 Å². The second kappa shape index (κ2) is 8.34. The maximum atomic E-state index is 11.7. The molecule has 2 atom stereocenters. The predicted octanol–water partition coefficient (Wildman–Crippen LogP) is 3.49. The predicted molar refractivity (Wildman–Crippen MR) is 86.6 cm³/mol. The molecule has 0 saturated heterocycles. The molecule has 5 nitrogen and oxygen atoms in total. The highest BCUT2D eigenvalue weighted by Gasteiger charge is 2.18. The maximum Gasteiger partial charge on any atom is 0.407 e. The summed E-state index contributed by atoms with van der Waals surface area (Å²) in [5, 5.41) is 6.38. The lowest BCUT2D eigenvalue weighted by Crippen LogP contribution is -2.43. The van der Waals surface area contributed by atoms with Crippen LogP contribution in [0.2, 0.25) is 0 Å². The van der Waals surface area contributed by atoms with Crippen LogP contribution in [0, 0.1) is 0 Å². The molecule has 2 unspecified atom stereocenters. The summed E-state index contributed by atoms with van der Waals surface area (Å²) in [6.45, 7) is 10.4. The number of aromatic nitrogens is 1. The summed E-state index contributed by atoms with van der Waals surface area (Å²) in [5.41, 5.74) is 1.37. The first-order valence-electron chi connectivity index (χ1n) is 7.43. The average Bonchev–Trinajstić information content (AvgIpc) is 2.88. The third-order valence-corrected chi connectivity index (χ3v) is 3.85. The van der Waals surface area contributed by atoms with Gasteiger partial charge in [-0.3, -0.25) is 4.98 Å². The van der Waals surface area contributed by atoms with Crippen LogP contribution in [-0.2, 0) is 4.74 Å². The number of thiazole rings is 1. The molecule has 1 amide bonds. The number of rotatable bonds is 7. The SMILES string of the molecule is CCCC(CNC(=O)OC(C)(C)C)NC(C)c1cncs1. The number of nitrogens with zero attached hydrogens (tertiary/aromatic N) is 1. The second-order valence-electron chi connectivity index (χ2n) is 6.16. The van der Waals surface area contributed by atoms with E-state index in [0.29, 0.717) is 6.54 Å². The Morgan fingerprint density at radius 2 is 2.19 bits per heavy atom. The van der Waals surface area contributed by atoms with Crippen LogP contribution in [0.5, 0.6) is 0 Å². The van der Waals surface area contributed by atoms with Gasteiger partial charge in [-0.05, 0) is 34.1 Å². The number of nitrogens with one attached hydrogen (secondary N) is 2. The van der Waals surface area contributed by atoms with E-state index in [0.717, 1.165) is 12.8 Å². The van der Waals surface area contributed by atoms with Gasteiger partial charge in [0.05, 0.1) is 5.51 Å². The minimum Gasteiger partial charge on any atom is -0.444 e. The van der Waals surface area contributed by atoms with Gasteiger partial charge < -0.3 is 15.4 Å². The molecule has 1 heterocycles. The molecule has 0 spiro atoms. The maximum absolute atomic E-state index is 11.7. The topological polar surface area (TPSA) is 63.2 Å². The summed E-state index contributed by atoms with van der Waals surface area (Å²) in [7, 11) is 0.